The first-order valence-electron chi connectivity index (χ1n) is 7.67. The molecule has 1 aliphatic heterocycles. The molecular weight excluding hydrogens is 394 g/mol. The molecule has 1 nitrogen and oxygen atoms in total. The van der Waals surface area contributed by atoms with Gasteiger partial charge in [0, 0.05) is 18.8 Å². The van der Waals surface area contributed by atoms with Crippen molar-refractivity contribution in [2.24, 2.45) is 0 Å². The Morgan fingerprint density at radius 3 is 2.08 bits per heavy atom. The Morgan fingerprint density at radius 2 is 1.56 bits per heavy atom. The van der Waals surface area contributed by atoms with E-state index < -0.39 is 11.6 Å². The van der Waals surface area contributed by atoms with E-state index in [0.717, 1.165) is 11.3 Å². The summed E-state index contributed by atoms with van der Waals surface area (Å²) < 4.78 is 42.2. The molecule has 0 saturated carbocycles. The average molecular weight is 409 g/mol. The van der Waals surface area contributed by atoms with E-state index in [1.54, 1.807) is 4.90 Å². The number of hydrogen-bond donors (Lipinski definition) is 0. The van der Waals surface area contributed by atoms with E-state index in [9.17, 15) is 13.2 Å². The maximum absolute atomic E-state index is 14.1. The molecule has 7 heteroatoms. The number of aryl methyl sites for hydroxylation is 1. The lowest BCUT2D eigenvalue weighted by Crippen LogP contribution is -2.44. The number of nitrogens with zero attached hydrogens (tertiary/aromatic N) is 1. The Hall–Kier alpha value is -1.10. The third-order valence-corrected chi connectivity index (χ3v) is 5.94. The predicted molar refractivity (Wildman–Crippen MR) is 97.2 cm³/mol. The van der Waals surface area contributed by atoms with E-state index in [4.69, 9.17) is 34.8 Å². The van der Waals surface area contributed by atoms with Gasteiger partial charge in [-0.15, -0.1) is 0 Å². The van der Waals surface area contributed by atoms with Crippen LogP contribution in [0.25, 0.3) is 0 Å². The summed E-state index contributed by atoms with van der Waals surface area (Å²) in [6.45, 7) is 2.04. The first kappa shape index (κ1) is 18.7. The first-order chi connectivity index (χ1) is 11.6. The number of alkyl halides is 3. The minimum atomic E-state index is -4.44. The zero-order valence-corrected chi connectivity index (χ0v) is 15.6. The smallest absolute Gasteiger partial charge is 0.370 e. The van der Waals surface area contributed by atoms with Crippen LogP contribution >= 0.6 is 34.8 Å². The molecule has 1 fully saturated rings. The number of halogens is 6. The van der Waals surface area contributed by atoms with Gasteiger partial charge in [-0.05, 0) is 43.2 Å². The van der Waals surface area contributed by atoms with Crippen LogP contribution in [0.15, 0.2) is 36.4 Å². The van der Waals surface area contributed by atoms with Gasteiger partial charge < -0.3 is 4.90 Å². The van der Waals surface area contributed by atoms with E-state index in [-0.39, 0.29) is 33.6 Å². The SMILES string of the molecule is Cc1ccc(N2CCC(c3cc(Cl)c(Cl)c(Cl)c3)(C(F)(F)F)C2)cc1. The van der Waals surface area contributed by atoms with Crippen molar-refractivity contribution in [1.29, 1.82) is 0 Å². The monoisotopic (exact) mass is 407 g/mol. The molecule has 3 rings (SSSR count). The number of anilines is 1. The molecule has 1 heterocycles. The molecule has 1 unspecified atom stereocenters. The van der Waals surface area contributed by atoms with Crippen LogP contribution < -0.4 is 4.90 Å². The molecule has 0 N–H and O–H groups in total. The second-order valence-electron chi connectivity index (χ2n) is 6.34. The lowest BCUT2D eigenvalue weighted by Gasteiger charge is -2.33. The fourth-order valence-electron chi connectivity index (χ4n) is 3.25. The van der Waals surface area contributed by atoms with Gasteiger partial charge in [-0.2, -0.15) is 13.2 Å². The lowest BCUT2D eigenvalue weighted by atomic mass is 9.79. The van der Waals surface area contributed by atoms with Gasteiger partial charge in [-0.3, -0.25) is 0 Å². The summed E-state index contributed by atoms with van der Waals surface area (Å²) in [6, 6.07) is 10.0. The molecule has 0 aromatic heterocycles. The lowest BCUT2D eigenvalue weighted by molar-refractivity contribution is -0.184. The zero-order valence-electron chi connectivity index (χ0n) is 13.3. The molecule has 0 bridgehead atoms. The van der Waals surface area contributed by atoms with Crippen LogP contribution in [0.1, 0.15) is 17.5 Å². The van der Waals surface area contributed by atoms with Crippen LogP contribution in [-0.2, 0) is 5.41 Å². The van der Waals surface area contributed by atoms with Gasteiger partial charge in [0.25, 0.3) is 0 Å². The quantitative estimate of drug-likeness (QED) is 0.502. The fourth-order valence-corrected chi connectivity index (χ4v) is 3.84. The van der Waals surface area contributed by atoms with Gasteiger partial charge in [0.05, 0.1) is 15.1 Å². The highest BCUT2D eigenvalue weighted by molar-refractivity contribution is 6.48. The van der Waals surface area contributed by atoms with Crippen LogP contribution in [0, 0.1) is 6.92 Å². The van der Waals surface area contributed by atoms with E-state index in [0.29, 0.717) is 6.54 Å². The van der Waals surface area contributed by atoms with Crippen molar-refractivity contribution in [1.82, 2.24) is 0 Å². The Labute approximate surface area is 159 Å². The molecule has 134 valence electrons. The average Bonchev–Trinajstić information content (AvgIpc) is 2.99. The summed E-state index contributed by atoms with van der Waals surface area (Å²) in [5.74, 6) is 0. The molecule has 2 aromatic rings. The molecule has 1 atom stereocenters. The molecule has 1 saturated heterocycles. The standard InChI is InChI=1S/C18H15Cl3F3N/c1-11-2-4-13(5-3-11)25-7-6-17(10-25,18(22,23)24)12-8-14(19)16(21)15(20)9-12/h2-5,8-9H,6-7,10H2,1H3. The van der Waals surface area contributed by atoms with Crippen LogP contribution in [0.5, 0.6) is 0 Å². The molecule has 1 aliphatic rings. The van der Waals surface area contributed by atoms with Crippen LogP contribution in [0.3, 0.4) is 0 Å². The van der Waals surface area contributed by atoms with Crippen molar-refractivity contribution < 1.29 is 13.2 Å². The highest BCUT2D eigenvalue weighted by atomic mass is 35.5. The van der Waals surface area contributed by atoms with Crippen molar-refractivity contribution in [3.63, 3.8) is 0 Å². The van der Waals surface area contributed by atoms with E-state index in [2.05, 4.69) is 0 Å². The van der Waals surface area contributed by atoms with Crippen molar-refractivity contribution in [3.05, 3.63) is 62.6 Å². The predicted octanol–water partition coefficient (Wildman–Crippen LogP) is 6.67. The Kier molecular flexibility index (Phi) is 4.91. The highest BCUT2D eigenvalue weighted by Crippen LogP contribution is 2.50. The second kappa shape index (κ2) is 6.57. The van der Waals surface area contributed by atoms with Gasteiger partial charge in [0.15, 0.2) is 0 Å². The molecular formula is C18H15Cl3F3N. The highest BCUT2D eigenvalue weighted by Gasteiger charge is 2.59. The van der Waals surface area contributed by atoms with Gasteiger partial charge in [0.1, 0.15) is 5.41 Å². The fraction of sp³-hybridized carbons (Fsp3) is 0.333. The van der Waals surface area contributed by atoms with E-state index in [1.807, 2.05) is 31.2 Å². The van der Waals surface area contributed by atoms with Crippen LogP contribution in [-0.4, -0.2) is 19.3 Å². The van der Waals surface area contributed by atoms with Crippen molar-refractivity contribution in [2.45, 2.75) is 24.9 Å². The van der Waals surface area contributed by atoms with E-state index >= 15 is 0 Å². The van der Waals surface area contributed by atoms with Gasteiger partial charge in [0.2, 0.25) is 0 Å². The minimum Gasteiger partial charge on any atom is -0.370 e. The third kappa shape index (κ3) is 3.32. The number of hydrogen-bond acceptors (Lipinski definition) is 1. The van der Waals surface area contributed by atoms with Crippen LogP contribution in [0.2, 0.25) is 15.1 Å². The Bertz CT molecular complexity index is 766. The molecule has 2 aromatic carbocycles. The second-order valence-corrected chi connectivity index (χ2v) is 7.53. The van der Waals surface area contributed by atoms with Gasteiger partial charge >= 0.3 is 6.18 Å². The Balaban J connectivity index is 2.04. The van der Waals surface area contributed by atoms with Crippen LogP contribution in [0.4, 0.5) is 18.9 Å². The summed E-state index contributed by atoms with van der Waals surface area (Å²) in [4.78, 5) is 1.74. The summed E-state index contributed by atoms with van der Waals surface area (Å²) in [5, 5.41) is 0.126. The van der Waals surface area contributed by atoms with Crippen molar-refractivity contribution in [3.8, 4) is 0 Å². The molecule has 0 amide bonds. The molecule has 0 radical (unpaired) electrons. The topological polar surface area (TPSA) is 3.24 Å². The zero-order chi connectivity index (χ0) is 18.4. The van der Waals surface area contributed by atoms with Crippen molar-refractivity contribution >= 4 is 40.5 Å². The first-order valence-corrected chi connectivity index (χ1v) is 8.81. The molecule has 25 heavy (non-hydrogen) atoms. The minimum absolute atomic E-state index is 0.0292. The maximum atomic E-state index is 14.1. The maximum Gasteiger partial charge on any atom is 0.400 e. The summed E-state index contributed by atoms with van der Waals surface area (Å²) in [7, 11) is 0. The summed E-state index contributed by atoms with van der Waals surface area (Å²) in [5.41, 5.74) is -0.159. The normalized spacial score (nSPS) is 21.0. The number of benzene rings is 2. The summed E-state index contributed by atoms with van der Waals surface area (Å²) in [6.07, 6.45) is -4.51. The summed E-state index contributed by atoms with van der Waals surface area (Å²) >= 11 is 17.9. The van der Waals surface area contributed by atoms with Crippen molar-refractivity contribution in [2.75, 3.05) is 18.0 Å². The molecule has 0 aliphatic carbocycles. The molecule has 0 spiro atoms. The van der Waals surface area contributed by atoms with Gasteiger partial charge in [-0.1, -0.05) is 52.5 Å². The Morgan fingerprint density at radius 1 is 1.00 bits per heavy atom. The number of rotatable bonds is 2. The third-order valence-electron chi connectivity index (χ3n) is 4.75. The largest absolute Gasteiger partial charge is 0.400 e. The van der Waals surface area contributed by atoms with E-state index in [1.165, 1.54) is 12.1 Å². The van der Waals surface area contributed by atoms with Gasteiger partial charge in [-0.25, -0.2) is 0 Å².